The van der Waals surface area contributed by atoms with E-state index in [0.29, 0.717) is 12.5 Å². The summed E-state index contributed by atoms with van der Waals surface area (Å²) in [6.45, 7) is 12.7. The summed E-state index contributed by atoms with van der Waals surface area (Å²) in [6.07, 6.45) is 5.64. The maximum absolute atomic E-state index is 6.00. The molecule has 1 aliphatic carbocycles. The van der Waals surface area contributed by atoms with Crippen LogP contribution in [0.3, 0.4) is 0 Å². The fraction of sp³-hybridized carbons (Fsp3) is 0.261. The van der Waals surface area contributed by atoms with Crippen LogP contribution in [0.1, 0.15) is 37.0 Å². The minimum absolute atomic E-state index is 0.544. The largest absolute Gasteiger partial charge is 0.489 e. The molecule has 0 heterocycles. The molecule has 134 valence electrons. The van der Waals surface area contributed by atoms with Crippen molar-refractivity contribution in [1.82, 2.24) is 0 Å². The third-order valence-corrected chi connectivity index (χ3v) is 4.89. The third-order valence-electron chi connectivity index (χ3n) is 4.89. The molecule has 1 unspecified atom stereocenters. The lowest BCUT2D eigenvalue weighted by atomic mass is 9.99. The first kappa shape index (κ1) is 18.0. The predicted octanol–water partition coefficient (Wildman–Crippen LogP) is 5.82. The van der Waals surface area contributed by atoms with E-state index in [1.165, 1.54) is 16.7 Å². The first-order valence-corrected chi connectivity index (χ1v) is 9.10. The average Bonchev–Trinajstić information content (AvgIpc) is 3.00. The summed E-state index contributed by atoms with van der Waals surface area (Å²) in [4.78, 5) is 0. The van der Waals surface area contributed by atoms with Crippen LogP contribution < -0.4 is 9.75 Å². The number of anilines is 1. The number of fused-ring (bicyclic) bond motifs is 1. The van der Waals surface area contributed by atoms with Crippen LogP contribution in [0.25, 0.3) is 5.57 Å². The highest BCUT2D eigenvalue weighted by molar-refractivity contribution is 5.73. The lowest BCUT2D eigenvalue weighted by Crippen LogP contribution is -2.06. The van der Waals surface area contributed by atoms with E-state index >= 15 is 0 Å². The second-order valence-corrected chi connectivity index (χ2v) is 6.51. The van der Waals surface area contributed by atoms with Gasteiger partial charge >= 0.3 is 0 Å². The zero-order chi connectivity index (χ0) is 18.5. The first-order valence-electron chi connectivity index (χ1n) is 9.10. The van der Waals surface area contributed by atoms with E-state index in [4.69, 9.17) is 4.74 Å². The van der Waals surface area contributed by atoms with Gasteiger partial charge in [-0.25, -0.2) is 5.01 Å². The van der Waals surface area contributed by atoms with Crippen LogP contribution in [0.5, 0.6) is 5.75 Å². The summed E-state index contributed by atoms with van der Waals surface area (Å²) in [5.41, 5.74) is 6.02. The Kier molecular flexibility index (Phi) is 5.57. The van der Waals surface area contributed by atoms with E-state index < -0.39 is 0 Å². The summed E-state index contributed by atoms with van der Waals surface area (Å²) in [7, 11) is 0. The number of hydrazone groups is 1. The van der Waals surface area contributed by atoms with Gasteiger partial charge in [0.25, 0.3) is 0 Å². The van der Waals surface area contributed by atoms with E-state index in [1.54, 1.807) is 17.4 Å². The van der Waals surface area contributed by atoms with Crippen molar-refractivity contribution in [3.63, 3.8) is 0 Å². The van der Waals surface area contributed by atoms with Gasteiger partial charge in [0.15, 0.2) is 0 Å². The Labute approximate surface area is 156 Å². The molecule has 2 aromatic carbocycles. The Morgan fingerprint density at radius 2 is 2.00 bits per heavy atom. The Balaban J connectivity index is 1.65. The molecule has 0 aromatic heterocycles. The summed E-state index contributed by atoms with van der Waals surface area (Å²) in [5.74, 6) is 1.49. The Morgan fingerprint density at radius 3 is 2.65 bits per heavy atom. The molecule has 1 aliphatic rings. The Bertz CT molecular complexity index is 821. The van der Waals surface area contributed by atoms with Gasteiger partial charge in [0, 0.05) is 12.4 Å². The topological polar surface area (TPSA) is 24.8 Å². The molecule has 3 rings (SSSR count). The van der Waals surface area contributed by atoms with Gasteiger partial charge in [0.1, 0.15) is 12.4 Å². The molecule has 0 saturated carbocycles. The van der Waals surface area contributed by atoms with Crippen molar-refractivity contribution in [3.05, 3.63) is 78.5 Å². The highest BCUT2D eigenvalue weighted by atomic mass is 16.5. The minimum Gasteiger partial charge on any atom is -0.489 e. The standard InChI is InChI=1S/C23H26N2O/c1-5-19-14-20-15-22(12-13-23(20)17(19)4)26-16-18-8-10-21(11-9-18)25(7-3)24-6-2/h6-13,15,19H,3-5,14,16H2,1-2H3/b24-6-. The summed E-state index contributed by atoms with van der Waals surface area (Å²) < 4.78 is 6.00. The quantitative estimate of drug-likeness (QED) is 0.466. The fourth-order valence-electron chi connectivity index (χ4n) is 3.40. The molecule has 26 heavy (non-hydrogen) atoms. The summed E-state index contributed by atoms with van der Waals surface area (Å²) in [6, 6.07) is 14.5. The van der Waals surface area contributed by atoms with Gasteiger partial charge in [-0.05, 0) is 72.2 Å². The van der Waals surface area contributed by atoms with Gasteiger partial charge < -0.3 is 4.74 Å². The molecule has 0 amide bonds. The van der Waals surface area contributed by atoms with E-state index in [0.717, 1.165) is 29.8 Å². The average molecular weight is 346 g/mol. The number of rotatable bonds is 7. The highest BCUT2D eigenvalue weighted by Gasteiger charge is 2.24. The summed E-state index contributed by atoms with van der Waals surface area (Å²) in [5, 5.41) is 5.98. The second kappa shape index (κ2) is 8.05. The Hall–Kier alpha value is -2.81. The molecular weight excluding hydrogens is 320 g/mol. The van der Waals surface area contributed by atoms with Crippen molar-refractivity contribution in [2.45, 2.75) is 33.3 Å². The maximum atomic E-state index is 6.00. The zero-order valence-electron chi connectivity index (χ0n) is 15.6. The van der Waals surface area contributed by atoms with E-state index in [-0.39, 0.29) is 0 Å². The molecule has 0 saturated heterocycles. The number of benzene rings is 2. The van der Waals surface area contributed by atoms with Gasteiger partial charge in [0.2, 0.25) is 0 Å². The van der Waals surface area contributed by atoms with Crippen molar-refractivity contribution in [2.75, 3.05) is 5.01 Å². The van der Waals surface area contributed by atoms with Crippen molar-refractivity contribution in [1.29, 1.82) is 0 Å². The SMILES string of the molecule is C=CN(/N=C\C)c1ccc(COc2ccc3c(c2)CC(CC)C3=C)cc1. The molecule has 0 aliphatic heterocycles. The number of allylic oxidation sites excluding steroid dienone is 1. The van der Waals surface area contributed by atoms with Crippen LogP contribution >= 0.6 is 0 Å². The predicted molar refractivity (Wildman–Crippen MR) is 111 cm³/mol. The van der Waals surface area contributed by atoms with E-state index in [2.05, 4.69) is 49.4 Å². The molecule has 0 spiro atoms. The molecular formula is C23H26N2O. The van der Waals surface area contributed by atoms with Gasteiger partial charge in [-0.3, -0.25) is 0 Å². The molecule has 2 aromatic rings. The minimum atomic E-state index is 0.544. The summed E-state index contributed by atoms with van der Waals surface area (Å²) >= 11 is 0. The van der Waals surface area contributed by atoms with Crippen LogP contribution in [-0.2, 0) is 13.0 Å². The van der Waals surface area contributed by atoms with E-state index in [1.807, 2.05) is 25.1 Å². The molecule has 0 bridgehead atoms. The van der Waals surface area contributed by atoms with Crippen LogP contribution in [-0.4, -0.2) is 6.21 Å². The lowest BCUT2D eigenvalue weighted by Gasteiger charge is -2.14. The van der Waals surface area contributed by atoms with Gasteiger partial charge in [-0.15, -0.1) is 0 Å². The maximum Gasteiger partial charge on any atom is 0.120 e. The zero-order valence-corrected chi connectivity index (χ0v) is 15.6. The normalized spacial score (nSPS) is 15.9. The van der Waals surface area contributed by atoms with Crippen molar-refractivity contribution in [3.8, 4) is 5.75 Å². The lowest BCUT2D eigenvalue weighted by molar-refractivity contribution is 0.306. The molecule has 0 N–H and O–H groups in total. The molecule has 1 atom stereocenters. The molecule has 3 heteroatoms. The number of hydrogen-bond acceptors (Lipinski definition) is 3. The third kappa shape index (κ3) is 3.72. The molecule has 0 fully saturated rings. The number of nitrogens with zero attached hydrogens (tertiary/aromatic N) is 2. The van der Waals surface area contributed by atoms with Gasteiger partial charge in [0.05, 0.1) is 5.69 Å². The van der Waals surface area contributed by atoms with Crippen LogP contribution in [0.2, 0.25) is 0 Å². The smallest absolute Gasteiger partial charge is 0.120 e. The highest BCUT2D eigenvalue weighted by Crippen LogP contribution is 2.39. The van der Waals surface area contributed by atoms with Crippen LogP contribution in [0, 0.1) is 5.92 Å². The van der Waals surface area contributed by atoms with Crippen molar-refractivity contribution < 1.29 is 4.74 Å². The second-order valence-electron chi connectivity index (χ2n) is 6.51. The Morgan fingerprint density at radius 1 is 1.23 bits per heavy atom. The first-order chi connectivity index (χ1) is 12.7. The van der Waals surface area contributed by atoms with E-state index in [9.17, 15) is 0 Å². The number of hydrogen-bond donors (Lipinski definition) is 0. The van der Waals surface area contributed by atoms with Crippen molar-refractivity contribution >= 4 is 17.5 Å². The van der Waals surface area contributed by atoms with Crippen molar-refractivity contribution in [2.24, 2.45) is 11.0 Å². The van der Waals surface area contributed by atoms with Crippen LogP contribution in [0.15, 0.2) is 66.9 Å². The molecule has 0 radical (unpaired) electrons. The van der Waals surface area contributed by atoms with Gasteiger partial charge in [-0.1, -0.05) is 38.3 Å². The van der Waals surface area contributed by atoms with Crippen LogP contribution in [0.4, 0.5) is 5.69 Å². The fourth-order valence-corrected chi connectivity index (χ4v) is 3.40. The monoisotopic (exact) mass is 346 g/mol. The molecule has 3 nitrogen and oxygen atoms in total. The van der Waals surface area contributed by atoms with Gasteiger partial charge in [-0.2, -0.15) is 5.10 Å². The number of ether oxygens (including phenoxy) is 1.